The minimum absolute atomic E-state index is 0.0405. The van der Waals surface area contributed by atoms with E-state index in [0.717, 1.165) is 0 Å². The highest BCUT2D eigenvalue weighted by atomic mass is 16.6. The number of nitrogens with one attached hydrogen (secondary N) is 1. The second kappa shape index (κ2) is 10.2. The van der Waals surface area contributed by atoms with Gasteiger partial charge in [0.2, 0.25) is 0 Å². The second-order valence-corrected chi connectivity index (χ2v) is 8.75. The monoisotopic (exact) mass is 407 g/mol. The van der Waals surface area contributed by atoms with Crippen LogP contribution in [0.1, 0.15) is 71.2 Å². The number of unbranched alkanes of at least 4 members (excludes halogenated alkanes) is 1. The van der Waals surface area contributed by atoms with Crippen LogP contribution in [0.4, 0.5) is 15.4 Å². The van der Waals surface area contributed by atoms with E-state index in [1.807, 2.05) is 0 Å². The number of pyridine rings is 1. The zero-order valence-electron chi connectivity index (χ0n) is 18.5. The molecule has 1 rings (SSSR count). The van der Waals surface area contributed by atoms with E-state index >= 15 is 0 Å². The molecule has 0 saturated carbocycles. The Morgan fingerprint density at radius 1 is 1.00 bits per heavy atom. The Bertz CT molecular complexity index is 703. The molecule has 0 aromatic carbocycles. The Morgan fingerprint density at radius 3 is 2.14 bits per heavy atom. The molecule has 0 radical (unpaired) electrons. The van der Waals surface area contributed by atoms with Crippen LogP contribution in [-0.2, 0) is 9.47 Å². The minimum atomic E-state index is -0.598. The largest absolute Gasteiger partial charge is 0.444 e. The molecule has 0 bridgehead atoms. The predicted molar refractivity (Wildman–Crippen MR) is 111 cm³/mol. The zero-order chi connectivity index (χ0) is 22.2. The van der Waals surface area contributed by atoms with Crippen LogP contribution in [0.3, 0.4) is 0 Å². The summed E-state index contributed by atoms with van der Waals surface area (Å²) >= 11 is 0. The van der Waals surface area contributed by atoms with Gasteiger partial charge in [0.05, 0.1) is 0 Å². The Labute approximate surface area is 173 Å². The summed E-state index contributed by atoms with van der Waals surface area (Å²) in [4.78, 5) is 41.4. The van der Waals surface area contributed by atoms with Gasteiger partial charge < -0.3 is 14.8 Å². The molecule has 29 heavy (non-hydrogen) atoms. The number of alkyl carbamates (subject to hydrolysis) is 1. The molecule has 1 heterocycles. The van der Waals surface area contributed by atoms with Gasteiger partial charge in [0, 0.05) is 31.8 Å². The van der Waals surface area contributed by atoms with Crippen LogP contribution in [0.5, 0.6) is 0 Å². The third-order valence-corrected chi connectivity index (χ3v) is 3.58. The van der Waals surface area contributed by atoms with Crippen molar-refractivity contribution in [1.82, 2.24) is 10.3 Å². The number of hydrogen-bond donors (Lipinski definition) is 1. The minimum Gasteiger partial charge on any atom is -0.444 e. The van der Waals surface area contributed by atoms with Crippen molar-refractivity contribution in [3.05, 3.63) is 23.9 Å². The molecule has 0 atom stereocenters. The quantitative estimate of drug-likeness (QED) is 0.534. The number of rotatable bonds is 7. The first-order valence-corrected chi connectivity index (χ1v) is 9.71. The first kappa shape index (κ1) is 24.4. The fraction of sp³-hybridized carbons (Fsp3) is 0.619. The molecule has 0 saturated heterocycles. The third-order valence-electron chi connectivity index (χ3n) is 3.58. The summed E-state index contributed by atoms with van der Waals surface area (Å²) in [5, 5.41) is 2.67. The lowest BCUT2D eigenvalue weighted by Gasteiger charge is -2.24. The van der Waals surface area contributed by atoms with Gasteiger partial charge in [-0.3, -0.25) is 9.69 Å². The molecule has 0 aliphatic heterocycles. The summed E-state index contributed by atoms with van der Waals surface area (Å²) in [5.74, 6) is 0.360. The van der Waals surface area contributed by atoms with Gasteiger partial charge in [-0.2, -0.15) is 0 Å². The molecule has 162 valence electrons. The van der Waals surface area contributed by atoms with Gasteiger partial charge in [-0.05, 0) is 66.5 Å². The second-order valence-electron chi connectivity index (χ2n) is 8.75. The van der Waals surface area contributed by atoms with Crippen LogP contribution in [0.2, 0.25) is 0 Å². The number of carbonyl (C=O) groups is 3. The van der Waals surface area contributed by atoms with Crippen molar-refractivity contribution in [2.45, 2.75) is 72.0 Å². The number of hydrogen-bond acceptors (Lipinski definition) is 6. The summed E-state index contributed by atoms with van der Waals surface area (Å²) in [7, 11) is 1.57. The predicted octanol–water partition coefficient (Wildman–Crippen LogP) is 4.33. The van der Waals surface area contributed by atoms with Crippen LogP contribution in [0.25, 0.3) is 0 Å². The lowest BCUT2D eigenvalue weighted by Crippen LogP contribution is -2.34. The molecule has 0 unspecified atom stereocenters. The normalized spacial score (nSPS) is 11.6. The van der Waals surface area contributed by atoms with Crippen LogP contribution in [0, 0.1) is 0 Å². The summed E-state index contributed by atoms with van der Waals surface area (Å²) in [6.45, 7) is 11.2. The number of nitrogens with zero attached hydrogens (tertiary/aromatic N) is 2. The fourth-order valence-electron chi connectivity index (χ4n) is 2.23. The molecule has 0 aliphatic carbocycles. The lowest BCUT2D eigenvalue weighted by atomic mass is 10.1. The number of amides is 2. The fourth-order valence-corrected chi connectivity index (χ4v) is 2.23. The van der Waals surface area contributed by atoms with Gasteiger partial charge >= 0.3 is 12.2 Å². The summed E-state index contributed by atoms with van der Waals surface area (Å²) < 4.78 is 10.4. The average Bonchev–Trinajstić information content (AvgIpc) is 2.57. The molecular weight excluding hydrogens is 374 g/mol. The molecule has 8 nitrogen and oxygen atoms in total. The Morgan fingerprint density at radius 2 is 1.62 bits per heavy atom. The van der Waals surface area contributed by atoms with Gasteiger partial charge in [0.25, 0.3) is 0 Å². The number of ether oxygens (including phenoxy) is 2. The van der Waals surface area contributed by atoms with Crippen molar-refractivity contribution >= 4 is 23.8 Å². The maximum atomic E-state index is 12.3. The zero-order valence-corrected chi connectivity index (χ0v) is 18.5. The number of anilines is 1. The maximum Gasteiger partial charge on any atom is 0.415 e. The van der Waals surface area contributed by atoms with Crippen LogP contribution >= 0.6 is 0 Å². The highest BCUT2D eigenvalue weighted by molar-refractivity contribution is 5.96. The molecule has 0 aliphatic rings. The Balaban J connectivity index is 2.42. The van der Waals surface area contributed by atoms with Crippen molar-refractivity contribution in [1.29, 1.82) is 0 Å². The highest BCUT2D eigenvalue weighted by Gasteiger charge is 2.21. The standard InChI is InChI=1S/C21H33N3O5/c1-20(2,3)28-18(26)22-13-9-8-10-16(25)15-11-12-17(23-14-15)24(7)19(27)29-21(4,5)6/h11-12,14H,8-10,13H2,1-7H3,(H,22,26). The lowest BCUT2D eigenvalue weighted by molar-refractivity contribution is 0.0525. The van der Waals surface area contributed by atoms with Crippen molar-refractivity contribution in [2.24, 2.45) is 0 Å². The van der Waals surface area contributed by atoms with Crippen LogP contribution in [0.15, 0.2) is 18.3 Å². The SMILES string of the molecule is CN(C(=O)OC(C)(C)C)c1ccc(C(=O)CCCCNC(=O)OC(C)(C)C)cn1. The van der Waals surface area contributed by atoms with E-state index in [1.165, 1.54) is 11.1 Å². The molecule has 0 spiro atoms. The molecule has 8 heteroatoms. The van der Waals surface area contributed by atoms with Crippen molar-refractivity contribution in [3.8, 4) is 0 Å². The topological polar surface area (TPSA) is 97.8 Å². The number of aromatic nitrogens is 1. The van der Waals surface area contributed by atoms with Gasteiger partial charge in [-0.1, -0.05) is 0 Å². The van der Waals surface area contributed by atoms with Gasteiger partial charge in [0.15, 0.2) is 5.78 Å². The van der Waals surface area contributed by atoms with Crippen LogP contribution < -0.4 is 10.2 Å². The Hall–Kier alpha value is -2.64. The average molecular weight is 408 g/mol. The molecular formula is C21H33N3O5. The van der Waals surface area contributed by atoms with E-state index in [0.29, 0.717) is 37.2 Å². The maximum absolute atomic E-state index is 12.3. The summed E-state index contributed by atoms with van der Waals surface area (Å²) in [6.07, 6.45) is 2.13. The third kappa shape index (κ3) is 9.91. The molecule has 1 aromatic heterocycles. The van der Waals surface area contributed by atoms with E-state index in [-0.39, 0.29) is 5.78 Å². The smallest absolute Gasteiger partial charge is 0.415 e. The molecule has 0 fully saturated rings. The number of ketones is 1. The van der Waals surface area contributed by atoms with E-state index in [2.05, 4.69) is 10.3 Å². The number of Topliss-reactive ketones (excluding diaryl/α,β-unsaturated/α-hetero) is 1. The number of carbonyl (C=O) groups excluding carboxylic acids is 3. The van der Waals surface area contributed by atoms with Crippen LogP contribution in [-0.4, -0.2) is 47.7 Å². The van der Waals surface area contributed by atoms with E-state index in [4.69, 9.17) is 9.47 Å². The Kier molecular flexibility index (Phi) is 8.60. The van der Waals surface area contributed by atoms with Gasteiger partial charge in [-0.15, -0.1) is 0 Å². The van der Waals surface area contributed by atoms with E-state index < -0.39 is 23.4 Å². The first-order chi connectivity index (χ1) is 13.3. The molecule has 1 N–H and O–H groups in total. The van der Waals surface area contributed by atoms with E-state index in [1.54, 1.807) is 60.7 Å². The van der Waals surface area contributed by atoms with Gasteiger partial charge in [0.1, 0.15) is 17.0 Å². The van der Waals surface area contributed by atoms with E-state index in [9.17, 15) is 14.4 Å². The van der Waals surface area contributed by atoms with Crippen molar-refractivity contribution < 1.29 is 23.9 Å². The highest BCUT2D eigenvalue weighted by Crippen LogP contribution is 2.16. The summed E-state index contributed by atoms with van der Waals surface area (Å²) in [5.41, 5.74) is -0.650. The van der Waals surface area contributed by atoms with Crippen molar-refractivity contribution in [3.63, 3.8) is 0 Å². The molecule has 2 amide bonds. The van der Waals surface area contributed by atoms with Gasteiger partial charge in [-0.25, -0.2) is 14.6 Å². The van der Waals surface area contributed by atoms with Crippen molar-refractivity contribution in [2.75, 3.05) is 18.5 Å². The summed E-state index contributed by atoms with van der Waals surface area (Å²) in [6, 6.07) is 3.26. The molecule has 1 aromatic rings. The first-order valence-electron chi connectivity index (χ1n) is 9.71.